The van der Waals surface area contributed by atoms with Crippen LogP contribution in [-0.4, -0.2) is 87.5 Å². The number of anilines is 2. The molecule has 0 radical (unpaired) electrons. The number of nitrogens with two attached hydrogens (primary N) is 1. The standard InChI is InChI=1S/C39H45F2N9O5/c1-27(55-36(51)21-42)3-2-14-50-38(52)45-37(46-50)29-4-7-31(8-5-29)47-15-17-48(18-16-47)32-9-11-33(12-10-32)53-22-28-20-39(54-23-28,24-49-26-43-25-44-49)34-13-6-30(40)19-35(34)41/h4-13,19,25-28H,2-3,14-18,20-24,42H2,1H3,(H,45,46,52)/t27-,28?,39-/m0/s1. The number of rotatable bonds is 15. The predicted molar refractivity (Wildman–Crippen MR) is 201 cm³/mol. The number of nitrogens with zero attached hydrogens (tertiary/aromatic N) is 7. The molecule has 2 saturated heterocycles. The minimum atomic E-state index is -1.02. The molecule has 0 saturated carbocycles. The third-order valence-electron chi connectivity index (χ3n) is 10.2. The number of carbonyl (C=O) groups excluding carboxylic acids is 1. The highest BCUT2D eigenvalue weighted by atomic mass is 19.1. The number of benzene rings is 3. The fraction of sp³-hybridized carbons (Fsp3) is 0.410. The van der Waals surface area contributed by atoms with E-state index in [1.165, 1.54) is 23.1 Å². The minimum Gasteiger partial charge on any atom is -0.493 e. The number of carbonyl (C=O) groups is 1. The normalized spacial score (nSPS) is 19.1. The molecule has 0 spiro atoms. The minimum absolute atomic E-state index is 0.0177. The SMILES string of the molecule is C[C@@H](CCCn1nc(-c2ccc(N3CCN(c4ccc(OCC5CO[C@@](Cn6cncn6)(c6ccc(F)cc6F)C5)cc4)CC3)cc2)[nH]c1=O)OC(=O)CN. The number of aryl methyl sites for hydroxylation is 1. The van der Waals surface area contributed by atoms with Crippen LogP contribution in [-0.2, 0) is 33.0 Å². The van der Waals surface area contributed by atoms with E-state index in [1.54, 1.807) is 17.9 Å². The second-order valence-electron chi connectivity index (χ2n) is 14.1. The van der Waals surface area contributed by atoms with Crippen LogP contribution in [0.4, 0.5) is 20.2 Å². The average molecular weight is 758 g/mol. The van der Waals surface area contributed by atoms with E-state index < -0.39 is 23.2 Å². The third-order valence-corrected chi connectivity index (χ3v) is 10.2. The largest absolute Gasteiger partial charge is 0.493 e. The Kier molecular flexibility index (Phi) is 11.5. The van der Waals surface area contributed by atoms with Crippen molar-refractivity contribution in [3.8, 4) is 17.1 Å². The summed E-state index contributed by atoms with van der Waals surface area (Å²) >= 11 is 0. The molecule has 14 nitrogen and oxygen atoms in total. The van der Waals surface area contributed by atoms with Crippen molar-refractivity contribution in [1.29, 1.82) is 0 Å². The van der Waals surface area contributed by atoms with Crippen LogP contribution in [0.15, 0.2) is 84.2 Å². The number of ether oxygens (including phenoxy) is 3. The molecule has 2 aromatic heterocycles. The van der Waals surface area contributed by atoms with Gasteiger partial charge in [0.2, 0.25) is 0 Å². The third kappa shape index (κ3) is 9.03. The van der Waals surface area contributed by atoms with Gasteiger partial charge in [0.05, 0.1) is 32.4 Å². The zero-order valence-electron chi connectivity index (χ0n) is 30.7. The van der Waals surface area contributed by atoms with Crippen LogP contribution in [0, 0.1) is 17.6 Å². The molecule has 2 aliphatic rings. The van der Waals surface area contributed by atoms with Crippen LogP contribution in [0.1, 0.15) is 31.7 Å². The highest BCUT2D eigenvalue weighted by molar-refractivity contribution is 5.71. The van der Waals surface area contributed by atoms with Gasteiger partial charge in [-0.25, -0.2) is 27.9 Å². The summed E-state index contributed by atoms with van der Waals surface area (Å²) < 4.78 is 49.3. The summed E-state index contributed by atoms with van der Waals surface area (Å²) in [7, 11) is 0. The van der Waals surface area contributed by atoms with E-state index in [2.05, 4.69) is 42.1 Å². The van der Waals surface area contributed by atoms with E-state index in [-0.39, 0.29) is 30.8 Å². The van der Waals surface area contributed by atoms with E-state index in [0.717, 1.165) is 54.9 Å². The first-order valence-electron chi connectivity index (χ1n) is 18.5. The van der Waals surface area contributed by atoms with Crippen LogP contribution >= 0.6 is 0 Å². The number of aromatic amines is 1. The molecule has 3 N–H and O–H groups in total. The molecule has 0 amide bonds. The maximum absolute atomic E-state index is 15.0. The Morgan fingerprint density at radius 1 is 1.04 bits per heavy atom. The van der Waals surface area contributed by atoms with Gasteiger partial charge in [-0.3, -0.25) is 9.78 Å². The Hall–Kier alpha value is -5.61. The molecule has 55 heavy (non-hydrogen) atoms. The molecule has 2 aliphatic heterocycles. The molecule has 7 rings (SSSR count). The maximum atomic E-state index is 15.0. The molecule has 4 heterocycles. The van der Waals surface area contributed by atoms with Gasteiger partial charge in [-0.2, -0.15) is 5.10 Å². The van der Waals surface area contributed by atoms with Crippen LogP contribution in [0.2, 0.25) is 0 Å². The topological polar surface area (TPSA) is 159 Å². The number of H-pyrrole nitrogens is 1. The average Bonchev–Trinajstić information content (AvgIpc) is 3.95. The molecular weight excluding hydrogens is 712 g/mol. The number of halogens is 2. The van der Waals surface area contributed by atoms with Crippen LogP contribution in [0.3, 0.4) is 0 Å². The Labute approximate surface area is 316 Å². The predicted octanol–water partition coefficient (Wildman–Crippen LogP) is 4.12. The summed E-state index contributed by atoms with van der Waals surface area (Å²) in [6.07, 6.45) is 4.38. The fourth-order valence-corrected chi connectivity index (χ4v) is 7.31. The Morgan fingerprint density at radius 2 is 1.75 bits per heavy atom. The fourth-order valence-electron chi connectivity index (χ4n) is 7.31. The molecule has 5 aromatic rings. The van der Waals surface area contributed by atoms with Crippen molar-refractivity contribution in [2.75, 3.05) is 55.7 Å². The van der Waals surface area contributed by atoms with Crippen LogP contribution < -0.4 is 26.0 Å². The quantitative estimate of drug-likeness (QED) is 0.148. The van der Waals surface area contributed by atoms with Crippen molar-refractivity contribution < 1.29 is 27.8 Å². The van der Waals surface area contributed by atoms with Gasteiger partial charge in [-0.1, -0.05) is 6.07 Å². The molecule has 2 fully saturated rings. The van der Waals surface area contributed by atoms with E-state index in [9.17, 15) is 18.4 Å². The number of piperazine rings is 1. The van der Waals surface area contributed by atoms with Crippen LogP contribution in [0.25, 0.3) is 11.4 Å². The first-order valence-corrected chi connectivity index (χ1v) is 18.5. The lowest BCUT2D eigenvalue weighted by atomic mass is 9.87. The van der Waals surface area contributed by atoms with Gasteiger partial charge in [0, 0.05) is 67.2 Å². The first kappa shape index (κ1) is 37.7. The monoisotopic (exact) mass is 757 g/mol. The first-order chi connectivity index (χ1) is 26.7. The molecule has 3 atom stereocenters. The molecule has 1 unspecified atom stereocenters. The van der Waals surface area contributed by atoms with Gasteiger partial charge in [0.1, 0.15) is 35.6 Å². The lowest BCUT2D eigenvalue weighted by molar-refractivity contribution is -0.146. The summed E-state index contributed by atoms with van der Waals surface area (Å²) in [5.74, 6) is -0.521. The van der Waals surface area contributed by atoms with Gasteiger partial charge < -0.3 is 29.7 Å². The van der Waals surface area contributed by atoms with Crippen molar-refractivity contribution in [3.63, 3.8) is 0 Å². The summed E-state index contributed by atoms with van der Waals surface area (Å²) in [5.41, 5.74) is 7.30. The zero-order chi connectivity index (χ0) is 38.4. The van der Waals surface area contributed by atoms with E-state index in [0.29, 0.717) is 50.4 Å². The summed E-state index contributed by atoms with van der Waals surface area (Å²) in [4.78, 5) is 35.4. The number of hydrogen-bond acceptors (Lipinski definition) is 11. The van der Waals surface area contributed by atoms with Gasteiger partial charge in [-0.05, 0) is 80.8 Å². The lowest BCUT2D eigenvalue weighted by Gasteiger charge is -2.37. The van der Waals surface area contributed by atoms with Gasteiger partial charge >= 0.3 is 11.7 Å². The summed E-state index contributed by atoms with van der Waals surface area (Å²) in [5, 5.41) is 8.65. The van der Waals surface area contributed by atoms with Crippen molar-refractivity contribution >= 4 is 17.3 Å². The number of esters is 1. The lowest BCUT2D eigenvalue weighted by Crippen LogP contribution is -2.46. The van der Waals surface area contributed by atoms with Crippen molar-refractivity contribution in [2.45, 2.75) is 51.0 Å². The Balaban J connectivity index is 0.881. The second-order valence-corrected chi connectivity index (χ2v) is 14.1. The molecule has 0 bridgehead atoms. The number of hydrogen-bond donors (Lipinski definition) is 2. The second kappa shape index (κ2) is 16.8. The highest BCUT2D eigenvalue weighted by Crippen LogP contribution is 2.42. The van der Waals surface area contributed by atoms with Crippen LogP contribution in [0.5, 0.6) is 5.75 Å². The number of aromatic nitrogens is 6. The Bertz CT molecular complexity index is 2080. The smallest absolute Gasteiger partial charge is 0.343 e. The molecule has 0 aliphatic carbocycles. The molecule has 290 valence electrons. The van der Waals surface area contributed by atoms with Gasteiger partial charge in [-0.15, -0.1) is 5.10 Å². The Morgan fingerprint density at radius 3 is 2.40 bits per heavy atom. The van der Waals surface area contributed by atoms with Crippen molar-refractivity contribution in [1.82, 2.24) is 29.5 Å². The maximum Gasteiger partial charge on any atom is 0.343 e. The van der Waals surface area contributed by atoms with E-state index >= 15 is 0 Å². The summed E-state index contributed by atoms with van der Waals surface area (Å²) in [6.45, 7) is 6.41. The highest BCUT2D eigenvalue weighted by Gasteiger charge is 2.44. The van der Waals surface area contributed by atoms with Crippen molar-refractivity contribution in [2.24, 2.45) is 11.7 Å². The van der Waals surface area contributed by atoms with Crippen molar-refractivity contribution in [3.05, 3.63) is 107 Å². The summed E-state index contributed by atoms with van der Waals surface area (Å²) in [6, 6.07) is 19.6. The number of nitrogens with one attached hydrogen (secondary N) is 1. The zero-order valence-corrected chi connectivity index (χ0v) is 30.7. The van der Waals surface area contributed by atoms with E-state index in [4.69, 9.17) is 19.9 Å². The molecule has 16 heteroatoms. The van der Waals surface area contributed by atoms with Gasteiger partial charge in [0.15, 0.2) is 5.82 Å². The van der Waals surface area contributed by atoms with Gasteiger partial charge in [0.25, 0.3) is 0 Å². The molecular formula is C39H45F2N9O5. The van der Waals surface area contributed by atoms with E-state index in [1.807, 2.05) is 36.4 Å². The molecule has 3 aromatic carbocycles.